The Hall–Kier alpha value is -2.75. The van der Waals surface area contributed by atoms with Crippen molar-refractivity contribution in [3.63, 3.8) is 0 Å². The Balaban J connectivity index is 1.94. The third-order valence-corrected chi connectivity index (χ3v) is 9.83. The first kappa shape index (κ1) is 31.2. The second-order valence-electron chi connectivity index (χ2n) is 13.2. The number of rotatable bonds is 6. The molecule has 4 rings (SSSR count). The van der Waals surface area contributed by atoms with Crippen LogP contribution in [-0.2, 0) is 47.7 Å². The molecule has 0 bridgehead atoms. The zero-order valence-electron chi connectivity index (χ0n) is 25.8. The summed E-state index contributed by atoms with van der Waals surface area (Å²) in [5.74, 6) is -4.47. The third-order valence-electron chi connectivity index (χ3n) is 9.83. The van der Waals surface area contributed by atoms with Gasteiger partial charge in [0.1, 0.15) is 18.3 Å². The number of carbonyl (C=O) groups excluding carboxylic acids is 5. The fraction of sp³-hybridized carbons (Fsp3) is 0.774. The molecule has 228 valence electrons. The van der Waals surface area contributed by atoms with E-state index in [1.807, 2.05) is 27.7 Å². The Morgan fingerprint density at radius 2 is 1.51 bits per heavy atom. The highest BCUT2D eigenvalue weighted by atomic mass is 16.7. The standard InChI is InChI=1S/C31H44O10/c1-11-14(2)28(36)40-25-22-21(29(22,9)10)24(38-19(7)33)17(5)26(35)30-13-16(4)27(39-20(8)34)31(30,41-30)12-15(3)23(25)37-18(6)32/h12,14,16-17,21-25,27H,11,13H2,1-10H3/b15-12+/t14-,16+,17-,21+,22-,23-,24+,25+,27+,30+,31+/m1/s1. The summed E-state index contributed by atoms with van der Waals surface area (Å²) < 4.78 is 30.0. The zero-order valence-corrected chi connectivity index (χ0v) is 25.8. The molecule has 1 saturated heterocycles. The molecular weight excluding hydrogens is 532 g/mol. The smallest absolute Gasteiger partial charge is 0.309 e. The van der Waals surface area contributed by atoms with Crippen molar-refractivity contribution < 1.29 is 47.7 Å². The van der Waals surface area contributed by atoms with Crippen LogP contribution >= 0.6 is 0 Å². The summed E-state index contributed by atoms with van der Waals surface area (Å²) in [6.45, 7) is 16.8. The number of fused-ring (bicyclic) bond motifs is 1. The van der Waals surface area contributed by atoms with E-state index in [0.717, 1.165) is 0 Å². The zero-order chi connectivity index (χ0) is 30.8. The van der Waals surface area contributed by atoms with E-state index in [2.05, 4.69) is 0 Å². The number of epoxide rings is 1. The molecule has 0 aromatic heterocycles. The molecule has 10 heteroatoms. The molecule has 1 aliphatic heterocycles. The van der Waals surface area contributed by atoms with Crippen LogP contribution in [0.3, 0.4) is 0 Å². The van der Waals surface area contributed by atoms with Crippen LogP contribution in [0.15, 0.2) is 11.6 Å². The van der Waals surface area contributed by atoms with Crippen LogP contribution in [0.1, 0.15) is 82.1 Å². The third kappa shape index (κ3) is 5.00. The average Bonchev–Trinajstić information content (AvgIpc) is 3.66. The Bertz CT molecular complexity index is 1170. The van der Waals surface area contributed by atoms with Gasteiger partial charge in [-0.05, 0) is 42.7 Å². The number of ketones is 1. The SMILES string of the molecule is CC[C@@H](C)C(=O)O[C@H]1[C@H]2[C@@H]([C@@H](OC(C)=O)[C@@H](C)C(=O)[C@@]34C[C@H](C)[C@H](OC(C)=O)[C@]3(/C=C(\C)[C@H]1OC(C)=O)O4)C2(C)C. The summed E-state index contributed by atoms with van der Waals surface area (Å²) in [6.07, 6.45) is -0.980. The van der Waals surface area contributed by atoms with E-state index in [4.69, 9.17) is 23.7 Å². The second-order valence-corrected chi connectivity index (χ2v) is 13.2. The van der Waals surface area contributed by atoms with Crippen LogP contribution in [0.4, 0.5) is 0 Å². The second kappa shape index (κ2) is 10.5. The van der Waals surface area contributed by atoms with Gasteiger partial charge in [-0.1, -0.05) is 41.5 Å². The molecule has 0 amide bonds. The van der Waals surface area contributed by atoms with Crippen LogP contribution in [0, 0.1) is 35.0 Å². The summed E-state index contributed by atoms with van der Waals surface area (Å²) >= 11 is 0. The minimum absolute atomic E-state index is 0.223. The fourth-order valence-corrected chi connectivity index (χ4v) is 7.62. The lowest BCUT2D eigenvalue weighted by Gasteiger charge is -2.31. The van der Waals surface area contributed by atoms with Gasteiger partial charge < -0.3 is 23.7 Å². The topological polar surface area (TPSA) is 135 Å². The van der Waals surface area contributed by atoms with Crippen molar-refractivity contribution in [1.82, 2.24) is 0 Å². The predicted molar refractivity (Wildman–Crippen MR) is 145 cm³/mol. The van der Waals surface area contributed by atoms with Gasteiger partial charge in [-0.25, -0.2) is 0 Å². The van der Waals surface area contributed by atoms with Gasteiger partial charge in [0, 0.05) is 32.6 Å². The maximum atomic E-state index is 14.4. The highest BCUT2D eigenvalue weighted by molar-refractivity contribution is 5.96. The minimum Gasteiger partial charge on any atom is -0.461 e. The largest absolute Gasteiger partial charge is 0.461 e. The van der Waals surface area contributed by atoms with Gasteiger partial charge in [0.15, 0.2) is 23.1 Å². The molecule has 3 aliphatic carbocycles. The highest BCUT2D eigenvalue weighted by Gasteiger charge is 2.84. The quantitative estimate of drug-likeness (QED) is 0.199. The van der Waals surface area contributed by atoms with Crippen molar-refractivity contribution in [3.05, 3.63) is 11.6 Å². The minimum atomic E-state index is -1.31. The lowest BCUT2D eigenvalue weighted by Crippen LogP contribution is -2.43. The maximum Gasteiger partial charge on any atom is 0.309 e. The molecule has 2 saturated carbocycles. The Morgan fingerprint density at radius 3 is 2.05 bits per heavy atom. The maximum absolute atomic E-state index is 14.4. The first-order chi connectivity index (χ1) is 18.9. The van der Waals surface area contributed by atoms with Crippen LogP contribution in [0.5, 0.6) is 0 Å². The predicted octanol–water partition coefficient (Wildman–Crippen LogP) is 3.72. The Kier molecular flexibility index (Phi) is 7.99. The first-order valence-electron chi connectivity index (χ1n) is 14.6. The summed E-state index contributed by atoms with van der Waals surface area (Å²) in [7, 11) is 0. The van der Waals surface area contributed by atoms with E-state index in [9.17, 15) is 24.0 Å². The van der Waals surface area contributed by atoms with E-state index in [1.54, 1.807) is 26.8 Å². The number of carbonyl (C=O) groups is 5. The lowest BCUT2D eigenvalue weighted by atomic mass is 9.80. The molecule has 3 fully saturated rings. The molecule has 0 radical (unpaired) electrons. The molecule has 41 heavy (non-hydrogen) atoms. The van der Waals surface area contributed by atoms with E-state index in [-0.39, 0.29) is 17.6 Å². The van der Waals surface area contributed by atoms with Crippen molar-refractivity contribution in [2.75, 3.05) is 0 Å². The van der Waals surface area contributed by atoms with Crippen LogP contribution < -0.4 is 0 Å². The first-order valence-corrected chi connectivity index (χ1v) is 14.6. The van der Waals surface area contributed by atoms with Crippen molar-refractivity contribution in [1.29, 1.82) is 0 Å². The van der Waals surface area contributed by atoms with Crippen LogP contribution in [0.2, 0.25) is 0 Å². The Labute approximate surface area is 241 Å². The van der Waals surface area contributed by atoms with Crippen molar-refractivity contribution in [2.45, 2.75) is 118 Å². The van der Waals surface area contributed by atoms with Gasteiger partial charge in [0.05, 0.1) is 11.8 Å². The van der Waals surface area contributed by atoms with Crippen molar-refractivity contribution in [2.24, 2.45) is 35.0 Å². The lowest BCUT2D eigenvalue weighted by molar-refractivity contribution is -0.170. The highest BCUT2D eigenvalue weighted by Crippen LogP contribution is 2.69. The number of hydrogen-bond donors (Lipinski definition) is 0. The van der Waals surface area contributed by atoms with Gasteiger partial charge in [-0.3, -0.25) is 24.0 Å². The molecule has 11 atom stereocenters. The van der Waals surface area contributed by atoms with Gasteiger partial charge in [-0.15, -0.1) is 0 Å². The van der Waals surface area contributed by atoms with Crippen LogP contribution in [-0.4, -0.2) is 65.3 Å². The molecule has 0 aromatic rings. The normalized spacial score (nSPS) is 42.5. The average molecular weight is 577 g/mol. The van der Waals surface area contributed by atoms with E-state index in [1.165, 1.54) is 20.8 Å². The van der Waals surface area contributed by atoms with Gasteiger partial charge in [0.25, 0.3) is 0 Å². The molecule has 4 aliphatic rings. The molecule has 0 aromatic carbocycles. The molecule has 0 N–H and O–H groups in total. The van der Waals surface area contributed by atoms with Gasteiger partial charge >= 0.3 is 23.9 Å². The molecule has 0 unspecified atom stereocenters. The summed E-state index contributed by atoms with van der Waals surface area (Å²) in [6, 6.07) is 0. The van der Waals surface area contributed by atoms with E-state index >= 15 is 0 Å². The molecule has 10 nitrogen and oxygen atoms in total. The number of Topliss-reactive ketones (excluding diaryl/α,β-unsaturated/α-hetero) is 1. The molecular formula is C31H44O10. The van der Waals surface area contributed by atoms with Crippen molar-refractivity contribution in [3.8, 4) is 0 Å². The van der Waals surface area contributed by atoms with Crippen molar-refractivity contribution >= 4 is 29.7 Å². The molecule has 1 heterocycles. The van der Waals surface area contributed by atoms with Gasteiger partial charge in [-0.2, -0.15) is 0 Å². The summed E-state index contributed by atoms with van der Waals surface area (Å²) in [5, 5.41) is 0. The number of esters is 4. The van der Waals surface area contributed by atoms with E-state index < -0.39 is 82.7 Å². The fourth-order valence-electron chi connectivity index (χ4n) is 7.62. The summed E-state index contributed by atoms with van der Waals surface area (Å²) in [4.78, 5) is 64.5. The Morgan fingerprint density at radius 1 is 0.951 bits per heavy atom. The van der Waals surface area contributed by atoms with Crippen LogP contribution in [0.25, 0.3) is 0 Å². The summed E-state index contributed by atoms with van der Waals surface area (Å²) in [5.41, 5.74) is -2.63. The van der Waals surface area contributed by atoms with Gasteiger partial charge in [0.2, 0.25) is 0 Å². The number of hydrogen-bond acceptors (Lipinski definition) is 10. The number of ether oxygens (including phenoxy) is 5. The van der Waals surface area contributed by atoms with E-state index in [0.29, 0.717) is 18.4 Å². The molecule has 0 spiro atoms. The monoisotopic (exact) mass is 576 g/mol.